The number of hydrogen-bond acceptors (Lipinski definition) is 5. The van der Waals surface area contributed by atoms with Crippen molar-refractivity contribution in [2.75, 3.05) is 19.0 Å². The van der Waals surface area contributed by atoms with Crippen molar-refractivity contribution < 1.29 is 14.6 Å². The molecule has 20 heavy (non-hydrogen) atoms. The van der Waals surface area contributed by atoms with Gasteiger partial charge in [-0.15, -0.1) is 0 Å². The monoisotopic (exact) mass is 385 g/mol. The quantitative estimate of drug-likeness (QED) is 0.816. The molecule has 104 valence electrons. The van der Waals surface area contributed by atoms with Crippen LogP contribution in [-0.4, -0.2) is 35.1 Å². The van der Waals surface area contributed by atoms with Crippen molar-refractivity contribution in [1.82, 2.24) is 9.97 Å². The Morgan fingerprint density at radius 3 is 2.75 bits per heavy atom. The summed E-state index contributed by atoms with van der Waals surface area (Å²) in [6.45, 7) is 0. The third-order valence-corrected chi connectivity index (χ3v) is 3.30. The van der Waals surface area contributed by atoms with Crippen molar-refractivity contribution >= 4 is 34.5 Å². The van der Waals surface area contributed by atoms with Crippen molar-refractivity contribution in [2.24, 2.45) is 0 Å². The maximum absolute atomic E-state index is 11.0. The standard InChI is InChI=1S/C13H12IN3O3/c1-17(2)13-15-6-5-11(16-13)20-10-7-8(12(18)19)3-4-9(10)14/h3-7H,1-2H3,(H,18,19). The molecule has 2 aromatic rings. The topological polar surface area (TPSA) is 75.6 Å². The lowest BCUT2D eigenvalue weighted by Gasteiger charge is -2.12. The summed E-state index contributed by atoms with van der Waals surface area (Å²) in [5.41, 5.74) is 0.169. The Balaban J connectivity index is 2.32. The van der Waals surface area contributed by atoms with E-state index >= 15 is 0 Å². The minimum atomic E-state index is -0.997. The molecule has 2 rings (SSSR count). The minimum Gasteiger partial charge on any atom is -0.478 e. The number of benzene rings is 1. The average Bonchev–Trinajstić information content (AvgIpc) is 2.41. The van der Waals surface area contributed by atoms with Gasteiger partial charge < -0.3 is 14.7 Å². The van der Waals surface area contributed by atoms with Crippen LogP contribution in [0.3, 0.4) is 0 Å². The van der Waals surface area contributed by atoms with Crippen molar-refractivity contribution in [3.8, 4) is 11.6 Å². The second-order valence-corrected chi connectivity index (χ2v) is 5.30. The van der Waals surface area contributed by atoms with Gasteiger partial charge in [0.2, 0.25) is 11.8 Å². The maximum Gasteiger partial charge on any atom is 0.335 e. The van der Waals surface area contributed by atoms with Gasteiger partial charge in [0.25, 0.3) is 0 Å². The van der Waals surface area contributed by atoms with Gasteiger partial charge in [-0.3, -0.25) is 0 Å². The molecule has 0 aliphatic carbocycles. The van der Waals surface area contributed by atoms with E-state index in [0.717, 1.165) is 3.57 Å². The van der Waals surface area contributed by atoms with Crippen LogP contribution < -0.4 is 9.64 Å². The lowest BCUT2D eigenvalue weighted by Crippen LogP contribution is -2.12. The van der Waals surface area contributed by atoms with E-state index in [1.54, 1.807) is 23.2 Å². The van der Waals surface area contributed by atoms with Crippen LogP contribution in [0.15, 0.2) is 30.5 Å². The fraction of sp³-hybridized carbons (Fsp3) is 0.154. The SMILES string of the molecule is CN(C)c1nccc(Oc2cc(C(=O)O)ccc2I)n1. The summed E-state index contributed by atoms with van der Waals surface area (Å²) in [5.74, 6) is 0.341. The molecule has 0 aliphatic heterocycles. The Bertz CT molecular complexity index is 647. The highest BCUT2D eigenvalue weighted by atomic mass is 127. The highest BCUT2D eigenvalue weighted by Crippen LogP contribution is 2.27. The Hall–Kier alpha value is -1.90. The van der Waals surface area contributed by atoms with Crippen molar-refractivity contribution in [1.29, 1.82) is 0 Å². The van der Waals surface area contributed by atoms with Gasteiger partial charge in [0, 0.05) is 26.4 Å². The van der Waals surface area contributed by atoms with Crippen LogP contribution >= 0.6 is 22.6 Å². The highest BCUT2D eigenvalue weighted by molar-refractivity contribution is 14.1. The summed E-state index contributed by atoms with van der Waals surface area (Å²) in [4.78, 5) is 21.0. The molecule has 0 radical (unpaired) electrons. The molecule has 0 aliphatic rings. The number of ether oxygens (including phenoxy) is 1. The summed E-state index contributed by atoms with van der Waals surface area (Å²) in [6.07, 6.45) is 1.59. The zero-order valence-corrected chi connectivity index (χ0v) is 13.0. The smallest absolute Gasteiger partial charge is 0.335 e. The summed E-state index contributed by atoms with van der Waals surface area (Å²) < 4.78 is 6.45. The molecule has 0 amide bonds. The molecule has 0 fully saturated rings. The van der Waals surface area contributed by atoms with Gasteiger partial charge in [-0.25, -0.2) is 9.78 Å². The van der Waals surface area contributed by atoms with E-state index in [9.17, 15) is 4.79 Å². The molecule has 0 bridgehead atoms. The Labute approximate surface area is 129 Å². The number of anilines is 1. The first-order valence-electron chi connectivity index (χ1n) is 5.68. The number of carbonyl (C=O) groups is 1. The van der Waals surface area contributed by atoms with E-state index in [-0.39, 0.29) is 5.56 Å². The number of nitrogens with zero attached hydrogens (tertiary/aromatic N) is 3. The fourth-order valence-electron chi connectivity index (χ4n) is 1.43. The molecule has 1 aromatic carbocycles. The number of carboxylic acids is 1. The summed E-state index contributed by atoms with van der Waals surface area (Å²) in [5, 5.41) is 8.99. The van der Waals surface area contributed by atoms with E-state index in [0.29, 0.717) is 17.6 Å². The fourth-order valence-corrected chi connectivity index (χ4v) is 1.88. The number of aromatic nitrogens is 2. The number of hydrogen-bond donors (Lipinski definition) is 1. The third-order valence-electron chi connectivity index (χ3n) is 2.41. The molecule has 1 N–H and O–H groups in total. The minimum absolute atomic E-state index is 0.169. The summed E-state index contributed by atoms with van der Waals surface area (Å²) >= 11 is 2.08. The number of rotatable bonds is 4. The first-order chi connectivity index (χ1) is 9.47. The lowest BCUT2D eigenvalue weighted by atomic mass is 10.2. The zero-order valence-electron chi connectivity index (χ0n) is 10.9. The largest absolute Gasteiger partial charge is 0.478 e. The summed E-state index contributed by atoms with van der Waals surface area (Å²) in [6, 6.07) is 6.31. The van der Waals surface area contributed by atoms with Crippen molar-refractivity contribution in [2.45, 2.75) is 0 Å². The van der Waals surface area contributed by atoms with Gasteiger partial charge in [0.1, 0.15) is 5.75 Å². The molecular weight excluding hydrogens is 373 g/mol. The van der Waals surface area contributed by atoms with Crippen molar-refractivity contribution in [3.05, 3.63) is 39.6 Å². The van der Waals surface area contributed by atoms with Crippen LogP contribution in [0.5, 0.6) is 11.6 Å². The molecule has 0 spiro atoms. The van der Waals surface area contributed by atoms with E-state index in [1.165, 1.54) is 12.1 Å². The maximum atomic E-state index is 11.0. The van der Waals surface area contributed by atoms with Crippen LogP contribution in [-0.2, 0) is 0 Å². The Kier molecular flexibility index (Phi) is 4.38. The van der Waals surface area contributed by atoms with Gasteiger partial charge in [-0.1, -0.05) is 0 Å². The first kappa shape index (κ1) is 14.5. The third kappa shape index (κ3) is 3.35. The number of halogens is 1. The van der Waals surface area contributed by atoms with Gasteiger partial charge in [-0.2, -0.15) is 4.98 Å². The molecule has 6 nitrogen and oxygen atoms in total. The van der Waals surface area contributed by atoms with Gasteiger partial charge in [0.15, 0.2) is 0 Å². The van der Waals surface area contributed by atoms with E-state index in [4.69, 9.17) is 9.84 Å². The predicted molar refractivity (Wildman–Crippen MR) is 82.6 cm³/mol. The van der Waals surface area contributed by atoms with E-state index in [2.05, 4.69) is 32.6 Å². The Morgan fingerprint density at radius 2 is 2.10 bits per heavy atom. The Morgan fingerprint density at radius 1 is 1.35 bits per heavy atom. The zero-order chi connectivity index (χ0) is 14.7. The number of carboxylic acid groups (broad SMARTS) is 1. The average molecular weight is 385 g/mol. The van der Waals surface area contributed by atoms with Crippen LogP contribution in [0, 0.1) is 3.57 Å². The molecule has 0 atom stereocenters. The first-order valence-corrected chi connectivity index (χ1v) is 6.76. The molecule has 1 heterocycles. The van der Waals surface area contributed by atoms with Crippen molar-refractivity contribution in [3.63, 3.8) is 0 Å². The van der Waals surface area contributed by atoms with E-state index < -0.39 is 5.97 Å². The molecule has 0 saturated heterocycles. The summed E-state index contributed by atoms with van der Waals surface area (Å²) in [7, 11) is 3.65. The number of aromatic carboxylic acids is 1. The van der Waals surface area contributed by atoms with Crippen LogP contribution in [0.4, 0.5) is 5.95 Å². The molecule has 0 unspecified atom stereocenters. The highest BCUT2D eigenvalue weighted by Gasteiger charge is 2.10. The molecule has 1 aromatic heterocycles. The predicted octanol–water partition coefficient (Wildman–Crippen LogP) is 2.64. The molecule has 0 saturated carbocycles. The lowest BCUT2D eigenvalue weighted by molar-refractivity contribution is 0.0696. The second kappa shape index (κ2) is 6.04. The second-order valence-electron chi connectivity index (χ2n) is 4.14. The van der Waals surface area contributed by atoms with Gasteiger partial charge >= 0.3 is 5.97 Å². The normalized spacial score (nSPS) is 10.2. The van der Waals surface area contributed by atoms with Crippen LogP contribution in [0.1, 0.15) is 10.4 Å². The molecular formula is C13H12IN3O3. The van der Waals surface area contributed by atoms with E-state index in [1.807, 2.05) is 14.1 Å². The van der Waals surface area contributed by atoms with Crippen LogP contribution in [0.2, 0.25) is 0 Å². The van der Waals surface area contributed by atoms with Crippen LogP contribution in [0.25, 0.3) is 0 Å². The van der Waals surface area contributed by atoms with Gasteiger partial charge in [0.05, 0.1) is 9.13 Å². The molecule has 7 heteroatoms. The van der Waals surface area contributed by atoms with Gasteiger partial charge in [-0.05, 0) is 40.8 Å².